The van der Waals surface area contributed by atoms with Gasteiger partial charge in [-0.3, -0.25) is 0 Å². The number of nitrogens with zero attached hydrogens (tertiary/aromatic N) is 4. The van der Waals surface area contributed by atoms with Gasteiger partial charge >= 0.3 is 0 Å². The van der Waals surface area contributed by atoms with Gasteiger partial charge in [0.05, 0.1) is 5.39 Å². The zero-order valence-electron chi connectivity index (χ0n) is 13.6. The average Bonchev–Trinajstić information content (AvgIpc) is 3.25. The highest BCUT2D eigenvalue weighted by molar-refractivity contribution is 5.87. The number of hydrogen-bond acceptors (Lipinski definition) is 5. The first-order chi connectivity index (χ1) is 11.3. The third-order valence-corrected chi connectivity index (χ3v) is 5.61. The van der Waals surface area contributed by atoms with Gasteiger partial charge in [0, 0.05) is 38.9 Å². The van der Waals surface area contributed by atoms with E-state index in [4.69, 9.17) is 5.41 Å². The highest BCUT2D eigenvalue weighted by atomic mass is 15.2. The molecule has 0 radical (unpaired) electrons. The molecule has 3 heterocycles. The van der Waals surface area contributed by atoms with Gasteiger partial charge in [-0.05, 0) is 43.4 Å². The maximum absolute atomic E-state index is 7.19. The van der Waals surface area contributed by atoms with Crippen LogP contribution in [-0.4, -0.2) is 58.8 Å². The quantitative estimate of drug-likeness (QED) is 0.830. The standard InChI is InChI=1S/C17H24N6/c1-22(17-15-3-5-19-16(15)20-11-21-17)14-7-12-9-23(6-2-4-18)10-13(12)8-14/h3-5,11-14,18H,2,6-10H2,1H3,(H,19,20,21)/t12-,13+,14-. The number of anilines is 1. The minimum Gasteiger partial charge on any atom is -0.356 e. The lowest BCUT2D eigenvalue weighted by Crippen LogP contribution is -2.33. The van der Waals surface area contributed by atoms with Crippen LogP contribution in [0.25, 0.3) is 11.0 Å². The molecule has 0 aromatic carbocycles. The van der Waals surface area contributed by atoms with Crippen LogP contribution in [0, 0.1) is 17.2 Å². The van der Waals surface area contributed by atoms with Crippen LogP contribution in [0.4, 0.5) is 5.82 Å². The molecule has 0 unspecified atom stereocenters. The molecule has 4 rings (SSSR count). The Bertz CT molecular complexity index is 681. The first-order valence-corrected chi connectivity index (χ1v) is 8.48. The number of hydrogen-bond donors (Lipinski definition) is 2. The van der Waals surface area contributed by atoms with Crippen LogP contribution in [0.15, 0.2) is 18.6 Å². The summed E-state index contributed by atoms with van der Waals surface area (Å²) in [5.74, 6) is 2.65. The second-order valence-electron chi connectivity index (χ2n) is 6.95. The molecule has 0 bridgehead atoms. The Morgan fingerprint density at radius 1 is 1.35 bits per heavy atom. The topological polar surface area (TPSA) is 71.9 Å². The number of aromatic amines is 1. The van der Waals surface area contributed by atoms with E-state index < -0.39 is 0 Å². The molecule has 1 aliphatic heterocycles. The molecule has 2 aliphatic rings. The van der Waals surface area contributed by atoms with E-state index >= 15 is 0 Å². The van der Waals surface area contributed by atoms with E-state index in [0.717, 1.165) is 41.7 Å². The third kappa shape index (κ3) is 2.61. The summed E-state index contributed by atoms with van der Waals surface area (Å²) in [7, 11) is 2.17. The van der Waals surface area contributed by atoms with Gasteiger partial charge in [0.1, 0.15) is 17.8 Å². The predicted octanol–water partition coefficient (Wildman–Crippen LogP) is 2.14. The van der Waals surface area contributed by atoms with Crippen LogP contribution < -0.4 is 4.90 Å². The second-order valence-corrected chi connectivity index (χ2v) is 6.95. The normalized spacial score (nSPS) is 27.4. The van der Waals surface area contributed by atoms with Crippen molar-refractivity contribution in [3.63, 3.8) is 0 Å². The molecule has 1 saturated carbocycles. The van der Waals surface area contributed by atoms with Gasteiger partial charge in [-0.1, -0.05) is 0 Å². The Balaban J connectivity index is 1.45. The molecule has 3 atom stereocenters. The zero-order valence-corrected chi connectivity index (χ0v) is 13.6. The third-order valence-electron chi connectivity index (χ3n) is 5.61. The van der Waals surface area contributed by atoms with Crippen LogP contribution in [-0.2, 0) is 0 Å². The van der Waals surface area contributed by atoms with Gasteiger partial charge in [-0.2, -0.15) is 0 Å². The highest BCUT2D eigenvalue weighted by Crippen LogP contribution is 2.41. The Morgan fingerprint density at radius 2 is 2.13 bits per heavy atom. The van der Waals surface area contributed by atoms with E-state index in [0.29, 0.717) is 6.04 Å². The first kappa shape index (κ1) is 14.6. The van der Waals surface area contributed by atoms with E-state index in [-0.39, 0.29) is 0 Å². The summed E-state index contributed by atoms with van der Waals surface area (Å²) in [6, 6.07) is 2.64. The van der Waals surface area contributed by atoms with E-state index in [1.54, 1.807) is 6.33 Å². The summed E-state index contributed by atoms with van der Waals surface area (Å²) in [4.78, 5) is 16.9. The Labute approximate surface area is 136 Å². The molecule has 2 N–H and O–H groups in total. The van der Waals surface area contributed by atoms with Crippen molar-refractivity contribution >= 4 is 23.1 Å². The number of likely N-dealkylation sites (tertiary alicyclic amines) is 1. The lowest BCUT2D eigenvalue weighted by molar-refractivity contribution is 0.315. The van der Waals surface area contributed by atoms with Crippen molar-refractivity contribution in [2.24, 2.45) is 11.8 Å². The average molecular weight is 312 g/mol. The Kier molecular flexibility index (Phi) is 3.77. The minimum absolute atomic E-state index is 0.572. The molecule has 122 valence electrons. The van der Waals surface area contributed by atoms with Gasteiger partial charge in [-0.25, -0.2) is 9.97 Å². The van der Waals surface area contributed by atoms with E-state index in [9.17, 15) is 0 Å². The number of aromatic nitrogens is 3. The van der Waals surface area contributed by atoms with Crippen molar-refractivity contribution in [1.29, 1.82) is 5.41 Å². The van der Waals surface area contributed by atoms with Crippen LogP contribution in [0.1, 0.15) is 19.3 Å². The molecular formula is C17H24N6. The maximum Gasteiger partial charge on any atom is 0.142 e. The lowest BCUT2D eigenvalue weighted by atomic mass is 10.0. The Morgan fingerprint density at radius 3 is 2.87 bits per heavy atom. The van der Waals surface area contributed by atoms with Crippen molar-refractivity contribution in [3.8, 4) is 0 Å². The Hall–Kier alpha value is -1.95. The summed E-state index contributed by atoms with van der Waals surface area (Å²) in [5, 5.41) is 8.30. The molecule has 1 aliphatic carbocycles. The highest BCUT2D eigenvalue weighted by Gasteiger charge is 2.42. The SMILES string of the molecule is CN(c1ncnc2[nH]ccc12)[C@@H]1C[C@@H]2CN(CCC=N)C[C@@H]2C1. The molecule has 6 heteroatoms. The fourth-order valence-electron chi connectivity index (χ4n) is 4.42. The lowest BCUT2D eigenvalue weighted by Gasteiger charge is -2.27. The number of rotatable bonds is 5. The molecule has 6 nitrogen and oxygen atoms in total. The van der Waals surface area contributed by atoms with Crippen LogP contribution in [0.5, 0.6) is 0 Å². The molecule has 2 aromatic rings. The molecule has 0 spiro atoms. The maximum atomic E-state index is 7.19. The van der Waals surface area contributed by atoms with Gasteiger partial charge in [-0.15, -0.1) is 0 Å². The molecule has 23 heavy (non-hydrogen) atoms. The predicted molar refractivity (Wildman–Crippen MR) is 92.1 cm³/mol. The van der Waals surface area contributed by atoms with Gasteiger partial charge in [0.25, 0.3) is 0 Å². The summed E-state index contributed by atoms with van der Waals surface area (Å²) in [6.45, 7) is 3.45. The summed E-state index contributed by atoms with van der Waals surface area (Å²) in [6.07, 6.45) is 8.49. The molecular weight excluding hydrogens is 288 g/mol. The van der Waals surface area contributed by atoms with Crippen LogP contribution in [0.2, 0.25) is 0 Å². The smallest absolute Gasteiger partial charge is 0.142 e. The number of H-pyrrole nitrogens is 1. The summed E-state index contributed by atoms with van der Waals surface area (Å²) in [5.41, 5.74) is 0.915. The van der Waals surface area contributed by atoms with Crippen molar-refractivity contribution in [2.45, 2.75) is 25.3 Å². The molecule has 1 saturated heterocycles. The fourth-order valence-corrected chi connectivity index (χ4v) is 4.42. The van der Waals surface area contributed by atoms with Gasteiger partial charge < -0.3 is 20.2 Å². The van der Waals surface area contributed by atoms with Crippen molar-refractivity contribution in [2.75, 3.05) is 31.6 Å². The molecule has 2 fully saturated rings. The van der Waals surface area contributed by atoms with E-state index in [1.165, 1.54) is 32.1 Å². The summed E-state index contributed by atoms with van der Waals surface area (Å²) < 4.78 is 0. The number of fused-ring (bicyclic) bond motifs is 2. The summed E-state index contributed by atoms with van der Waals surface area (Å²) >= 11 is 0. The van der Waals surface area contributed by atoms with Gasteiger partial charge in [0.2, 0.25) is 0 Å². The monoisotopic (exact) mass is 312 g/mol. The van der Waals surface area contributed by atoms with E-state index in [2.05, 4.69) is 37.9 Å². The first-order valence-electron chi connectivity index (χ1n) is 8.48. The van der Waals surface area contributed by atoms with Crippen molar-refractivity contribution < 1.29 is 0 Å². The molecule has 2 aromatic heterocycles. The fraction of sp³-hybridized carbons (Fsp3) is 0.588. The van der Waals surface area contributed by atoms with Crippen molar-refractivity contribution in [1.82, 2.24) is 19.9 Å². The minimum atomic E-state index is 0.572. The van der Waals surface area contributed by atoms with Crippen LogP contribution >= 0.6 is 0 Å². The van der Waals surface area contributed by atoms with Gasteiger partial charge in [0.15, 0.2) is 0 Å². The number of nitrogens with one attached hydrogen (secondary N) is 2. The van der Waals surface area contributed by atoms with E-state index in [1.807, 2.05) is 6.20 Å². The second kappa shape index (κ2) is 5.92. The van der Waals surface area contributed by atoms with Crippen molar-refractivity contribution in [3.05, 3.63) is 18.6 Å². The zero-order chi connectivity index (χ0) is 15.8. The largest absolute Gasteiger partial charge is 0.356 e. The molecule has 0 amide bonds. The van der Waals surface area contributed by atoms with Crippen LogP contribution in [0.3, 0.4) is 0 Å².